The highest BCUT2D eigenvalue weighted by Gasteiger charge is 2.58. The van der Waals surface area contributed by atoms with Crippen molar-refractivity contribution in [2.24, 2.45) is 5.92 Å². The number of β-amino-alcohol motifs (C(OH)–C–C–N with tert-alkyl or cyclic N) is 1. The largest absolute Gasteiger partial charge is 0.388 e. The van der Waals surface area contributed by atoms with E-state index in [2.05, 4.69) is 54.2 Å². The highest BCUT2D eigenvalue weighted by Crippen LogP contribution is 2.51. The van der Waals surface area contributed by atoms with Crippen LogP contribution in [0.2, 0.25) is 0 Å². The number of rotatable bonds is 6. The highest BCUT2D eigenvalue weighted by molar-refractivity contribution is 5.78. The molecule has 2 unspecified atom stereocenters. The minimum absolute atomic E-state index is 0.102. The average molecular weight is 398 g/mol. The molecule has 1 N–H and O–H groups in total. The number of hydrogen-bond donors (Lipinski definition) is 1. The fourth-order valence-corrected chi connectivity index (χ4v) is 6.03. The fourth-order valence-electron chi connectivity index (χ4n) is 6.03. The van der Waals surface area contributed by atoms with Crippen molar-refractivity contribution in [3.05, 3.63) is 35.9 Å². The lowest BCUT2D eigenvalue weighted by atomic mass is 9.80. The molecule has 1 aliphatic heterocycles. The smallest absolute Gasteiger partial charge is 0.320 e. The summed E-state index contributed by atoms with van der Waals surface area (Å²) in [4.78, 5) is 20.1. The van der Waals surface area contributed by atoms with E-state index in [9.17, 15) is 9.90 Å². The van der Waals surface area contributed by atoms with Gasteiger partial charge in [0.25, 0.3) is 0 Å². The van der Waals surface area contributed by atoms with Crippen LogP contribution in [0.1, 0.15) is 56.4 Å². The molecule has 5 nitrogen and oxygen atoms in total. The van der Waals surface area contributed by atoms with E-state index in [0.29, 0.717) is 24.4 Å². The van der Waals surface area contributed by atoms with Crippen molar-refractivity contribution < 1.29 is 9.90 Å². The first-order chi connectivity index (χ1) is 13.9. The fraction of sp³-hybridized carbons (Fsp3) is 0.708. The van der Waals surface area contributed by atoms with Gasteiger partial charge in [0, 0.05) is 25.0 Å². The summed E-state index contributed by atoms with van der Waals surface area (Å²) in [5.41, 5.74) is 0.637. The Hall–Kier alpha value is -1.59. The number of likely N-dealkylation sites (N-methyl/N-ethyl adjacent to an activating group) is 1. The summed E-state index contributed by atoms with van der Waals surface area (Å²) >= 11 is 0. The van der Waals surface area contributed by atoms with E-state index in [0.717, 1.165) is 45.2 Å². The molecule has 1 aromatic rings. The molecule has 5 heteroatoms. The number of aliphatic hydroxyl groups is 1. The molecular weight excluding hydrogens is 362 g/mol. The van der Waals surface area contributed by atoms with Gasteiger partial charge in [0.1, 0.15) is 0 Å². The first-order valence-electron chi connectivity index (χ1n) is 11.4. The van der Waals surface area contributed by atoms with Crippen LogP contribution in [0, 0.1) is 5.92 Å². The zero-order valence-corrected chi connectivity index (χ0v) is 17.9. The predicted octanol–water partition coefficient (Wildman–Crippen LogP) is 3.30. The van der Waals surface area contributed by atoms with Crippen LogP contribution >= 0.6 is 0 Å². The van der Waals surface area contributed by atoms with Crippen LogP contribution in [0.3, 0.4) is 0 Å². The normalized spacial score (nSPS) is 33.7. The standard InChI is InChI=1S/C24H35N3O2/c1-25(2)21-14-23(13-20(21)19-7-4-3-5-8-19)16-26(17-24(29)11-6-12-24)22(28)27(23)15-18-9-10-18/h3-5,7-8,18,20-21,29H,6,9-17H2,1-2H3/t20-,21?,23?/m1/s1. The van der Waals surface area contributed by atoms with Crippen LogP contribution in [-0.4, -0.2) is 76.7 Å². The van der Waals surface area contributed by atoms with Gasteiger partial charge in [-0.2, -0.15) is 0 Å². The zero-order chi connectivity index (χ0) is 20.2. The lowest BCUT2D eigenvalue weighted by molar-refractivity contribution is -0.0495. The maximum Gasteiger partial charge on any atom is 0.320 e. The number of hydrogen-bond acceptors (Lipinski definition) is 3. The number of urea groups is 1. The Balaban J connectivity index is 1.44. The predicted molar refractivity (Wildman–Crippen MR) is 114 cm³/mol. The Bertz CT molecular complexity index is 759. The van der Waals surface area contributed by atoms with E-state index in [1.165, 1.54) is 18.4 Å². The molecule has 0 bridgehead atoms. The highest BCUT2D eigenvalue weighted by atomic mass is 16.3. The summed E-state index contributed by atoms with van der Waals surface area (Å²) in [5, 5.41) is 10.7. The first kappa shape index (κ1) is 19.4. The van der Waals surface area contributed by atoms with Crippen LogP contribution in [0.5, 0.6) is 0 Å². The third kappa shape index (κ3) is 3.46. The summed E-state index contributed by atoms with van der Waals surface area (Å²) in [6.07, 6.45) is 7.29. The lowest BCUT2D eigenvalue weighted by Gasteiger charge is -2.39. The minimum atomic E-state index is -0.648. The van der Waals surface area contributed by atoms with Gasteiger partial charge in [-0.05, 0) is 70.5 Å². The van der Waals surface area contributed by atoms with Crippen LogP contribution < -0.4 is 0 Å². The third-order valence-electron chi connectivity index (χ3n) is 8.01. The van der Waals surface area contributed by atoms with E-state index in [1.54, 1.807) is 0 Å². The van der Waals surface area contributed by atoms with Crippen molar-refractivity contribution in [2.45, 2.75) is 68.0 Å². The first-order valence-corrected chi connectivity index (χ1v) is 11.4. The molecule has 3 atom stereocenters. The van der Waals surface area contributed by atoms with Gasteiger partial charge in [0.05, 0.1) is 17.7 Å². The Kier molecular flexibility index (Phi) is 4.67. The van der Waals surface area contributed by atoms with E-state index >= 15 is 0 Å². The van der Waals surface area contributed by atoms with Crippen molar-refractivity contribution in [3.8, 4) is 0 Å². The molecule has 3 aliphatic carbocycles. The monoisotopic (exact) mass is 397 g/mol. The van der Waals surface area contributed by atoms with Gasteiger partial charge in [0.2, 0.25) is 0 Å². The van der Waals surface area contributed by atoms with Crippen molar-refractivity contribution in [3.63, 3.8) is 0 Å². The summed E-state index contributed by atoms with van der Waals surface area (Å²) in [7, 11) is 4.35. The quantitative estimate of drug-likeness (QED) is 0.801. The SMILES string of the molecule is CN(C)C1CC2(C[C@@H]1c1ccccc1)CN(CC1(O)CCC1)C(=O)N2CC1CC1. The molecule has 1 aromatic carbocycles. The molecule has 1 saturated heterocycles. The Morgan fingerprint density at radius 3 is 2.45 bits per heavy atom. The van der Waals surface area contributed by atoms with Crippen molar-refractivity contribution in [1.29, 1.82) is 0 Å². The maximum absolute atomic E-state index is 13.5. The summed E-state index contributed by atoms with van der Waals surface area (Å²) < 4.78 is 0. The Morgan fingerprint density at radius 2 is 1.86 bits per heavy atom. The maximum atomic E-state index is 13.5. The van der Waals surface area contributed by atoms with Gasteiger partial charge in [-0.3, -0.25) is 0 Å². The summed E-state index contributed by atoms with van der Waals surface area (Å²) in [5.74, 6) is 1.11. The van der Waals surface area contributed by atoms with E-state index in [1.807, 2.05) is 4.90 Å². The second kappa shape index (κ2) is 6.98. The van der Waals surface area contributed by atoms with Crippen LogP contribution in [0.25, 0.3) is 0 Å². The lowest BCUT2D eigenvalue weighted by Crippen LogP contribution is -2.49. The molecule has 1 spiro atoms. The number of carbonyl (C=O) groups is 1. The van der Waals surface area contributed by atoms with Crippen LogP contribution in [-0.2, 0) is 0 Å². The second-order valence-corrected chi connectivity index (χ2v) is 10.5. The van der Waals surface area contributed by atoms with Gasteiger partial charge in [0.15, 0.2) is 0 Å². The number of carbonyl (C=O) groups excluding carboxylic acids is 1. The molecule has 4 fully saturated rings. The summed E-state index contributed by atoms with van der Waals surface area (Å²) in [6.45, 7) is 2.18. The number of nitrogens with zero attached hydrogens (tertiary/aromatic N) is 3. The van der Waals surface area contributed by atoms with Crippen molar-refractivity contribution >= 4 is 6.03 Å². The van der Waals surface area contributed by atoms with E-state index < -0.39 is 5.60 Å². The van der Waals surface area contributed by atoms with Gasteiger partial charge in [-0.1, -0.05) is 30.3 Å². The van der Waals surface area contributed by atoms with Gasteiger partial charge in [-0.15, -0.1) is 0 Å². The molecule has 2 amide bonds. The summed E-state index contributed by atoms with van der Waals surface area (Å²) in [6, 6.07) is 11.4. The van der Waals surface area contributed by atoms with Crippen molar-refractivity contribution in [1.82, 2.24) is 14.7 Å². The molecule has 5 rings (SSSR count). The zero-order valence-electron chi connectivity index (χ0n) is 17.9. The average Bonchev–Trinajstić information content (AvgIpc) is 3.37. The molecule has 0 aromatic heterocycles. The molecular formula is C24H35N3O2. The second-order valence-electron chi connectivity index (χ2n) is 10.5. The van der Waals surface area contributed by atoms with Gasteiger partial charge < -0.3 is 19.8 Å². The molecule has 4 aliphatic rings. The third-order valence-corrected chi connectivity index (χ3v) is 8.01. The Labute approximate surface area is 174 Å². The van der Waals surface area contributed by atoms with Crippen LogP contribution in [0.15, 0.2) is 30.3 Å². The van der Waals surface area contributed by atoms with Gasteiger partial charge >= 0.3 is 6.03 Å². The minimum Gasteiger partial charge on any atom is -0.388 e. The van der Waals surface area contributed by atoms with E-state index in [-0.39, 0.29) is 11.6 Å². The Morgan fingerprint density at radius 1 is 1.14 bits per heavy atom. The van der Waals surface area contributed by atoms with Crippen LogP contribution in [0.4, 0.5) is 4.79 Å². The number of benzene rings is 1. The topological polar surface area (TPSA) is 47.0 Å². The molecule has 0 radical (unpaired) electrons. The molecule has 3 saturated carbocycles. The number of amides is 2. The van der Waals surface area contributed by atoms with E-state index in [4.69, 9.17) is 0 Å². The molecule has 158 valence electrons. The van der Waals surface area contributed by atoms with Gasteiger partial charge in [-0.25, -0.2) is 4.79 Å². The molecule has 1 heterocycles. The van der Waals surface area contributed by atoms with Crippen molar-refractivity contribution in [2.75, 3.05) is 33.7 Å². The molecule has 29 heavy (non-hydrogen) atoms.